The molecule has 104 valence electrons. The van der Waals surface area contributed by atoms with Crippen molar-refractivity contribution < 1.29 is 14.0 Å². The Morgan fingerprint density at radius 1 is 1.15 bits per heavy atom. The molecule has 1 heterocycles. The lowest BCUT2D eigenvalue weighted by Gasteiger charge is -2.06. The number of anilines is 1. The van der Waals surface area contributed by atoms with E-state index in [0.717, 1.165) is 5.56 Å². The number of rotatable bonds is 5. The van der Waals surface area contributed by atoms with E-state index in [-0.39, 0.29) is 24.1 Å². The van der Waals surface area contributed by atoms with Crippen LogP contribution >= 0.6 is 0 Å². The monoisotopic (exact) mass is 273 g/mol. The molecule has 20 heavy (non-hydrogen) atoms. The SMILES string of the molecule is NCC(=O)NCc1ccc(NC(=O)c2ccco2)cc1. The van der Waals surface area contributed by atoms with Crippen LogP contribution in [0.15, 0.2) is 47.1 Å². The molecule has 6 nitrogen and oxygen atoms in total. The highest BCUT2D eigenvalue weighted by Gasteiger charge is 2.08. The van der Waals surface area contributed by atoms with Gasteiger partial charge in [0.1, 0.15) is 0 Å². The molecule has 4 N–H and O–H groups in total. The van der Waals surface area contributed by atoms with Gasteiger partial charge in [-0.3, -0.25) is 9.59 Å². The smallest absolute Gasteiger partial charge is 0.291 e. The zero-order chi connectivity index (χ0) is 14.4. The summed E-state index contributed by atoms with van der Waals surface area (Å²) in [6, 6.07) is 10.4. The summed E-state index contributed by atoms with van der Waals surface area (Å²) in [6.07, 6.45) is 1.44. The molecule has 0 saturated heterocycles. The van der Waals surface area contributed by atoms with Gasteiger partial charge in [0.2, 0.25) is 5.91 Å². The summed E-state index contributed by atoms with van der Waals surface area (Å²) in [5.74, 6) is -0.260. The molecule has 2 aromatic rings. The molecule has 1 aromatic heterocycles. The fourth-order valence-electron chi connectivity index (χ4n) is 1.58. The Hall–Kier alpha value is -2.60. The average molecular weight is 273 g/mol. The van der Waals surface area contributed by atoms with Crippen LogP contribution in [0.5, 0.6) is 0 Å². The van der Waals surface area contributed by atoms with E-state index < -0.39 is 0 Å². The summed E-state index contributed by atoms with van der Waals surface area (Å²) < 4.78 is 5.00. The maximum atomic E-state index is 11.7. The van der Waals surface area contributed by atoms with Crippen molar-refractivity contribution >= 4 is 17.5 Å². The van der Waals surface area contributed by atoms with Crippen LogP contribution < -0.4 is 16.4 Å². The molecule has 2 rings (SSSR count). The zero-order valence-electron chi connectivity index (χ0n) is 10.8. The summed E-state index contributed by atoms with van der Waals surface area (Å²) in [7, 11) is 0. The van der Waals surface area contributed by atoms with Crippen molar-refractivity contribution in [1.82, 2.24) is 5.32 Å². The van der Waals surface area contributed by atoms with Gasteiger partial charge in [-0.2, -0.15) is 0 Å². The third kappa shape index (κ3) is 3.69. The van der Waals surface area contributed by atoms with Gasteiger partial charge in [0.15, 0.2) is 5.76 Å². The molecular weight excluding hydrogens is 258 g/mol. The molecule has 0 spiro atoms. The Kier molecular flexibility index (Phi) is 4.52. The molecular formula is C14H15N3O3. The van der Waals surface area contributed by atoms with Gasteiger partial charge in [-0.15, -0.1) is 0 Å². The van der Waals surface area contributed by atoms with Crippen LogP contribution in [0.3, 0.4) is 0 Å². The van der Waals surface area contributed by atoms with Gasteiger partial charge in [0, 0.05) is 12.2 Å². The first kappa shape index (κ1) is 13.8. The highest BCUT2D eigenvalue weighted by atomic mass is 16.3. The van der Waals surface area contributed by atoms with Crippen molar-refractivity contribution in [2.45, 2.75) is 6.54 Å². The quantitative estimate of drug-likeness (QED) is 0.760. The number of hydrogen-bond acceptors (Lipinski definition) is 4. The van der Waals surface area contributed by atoms with Crippen molar-refractivity contribution in [2.75, 3.05) is 11.9 Å². The molecule has 0 aliphatic carbocycles. The Bertz CT molecular complexity index is 576. The van der Waals surface area contributed by atoms with Crippen LogP contribution in [0.25, 0.3) is 0 Å². The molecule has 2 amide bonds. The van der Waals surface area contributed by atoms with Crippen LogP contribution in [0.1, 0.15) is 16.1 Å². The van der Waals surface area contributed by atoms with Crippen molar-refractivity contribution in [3.8, 4) is 0 Å². The van der Waals surface area contributed by atoms with Crippen molar-refractivity contribution in [2.24, 2.45) is 5.73 Å². The fourth-order valence-corrected chi connectivity index (χ4v) is 1.58. The van der Waals surface area contributed by atoms with Gasteiger partial charge in [-0.1, -0.05) is 12.1 Å². The van der Waals surface area contributed by atoms with Crippen LogP contribution in [-0.4, -0.2) is 18.4 Å². The second kappa shape index (κ2) is 6.53. The van der Waals surface area contributed by atoms with E-state index in [4.69, 9.17) is 10.2 Å². The van der Waals surface area contributed by atoms with E-state index in [1.54, 1.807) is 24.3 Å². The van der Waals surface area contributed by atoms with Gasteiger partial charge in [-0.25, -0.2) is 0 Å². The highest BCUT2D eigenvalue weighted by molar-refractivity contribution is 6.02. The fraction of sp³-hybridized carbons (Fsp3) is 0.143. The third-order valence-corrected chi connectivity index (χ3v) is 2.63. The standard InChI is InChI=1S/C14H15N3O3/c15-8-13(18)16-9-10-3-5-11(6-4-10)17-14(19)12-2-1-7-20-12/h1-7H,8-9,15H2,(H,16,18)(H,17,19). The molecule has 1 aromatic carbocycles. The molecule has 0 bridgehead atoms. The van der Waals surface area contributed by atoms with Gasteiger partial charge in [0.05, 0.1) is 12.8 Å². The van der Waals surface area contributed by atoms with Crippen molar-refractivity contribution in [3.63, 3.8) is 0 Å². The van der Waals surface area contributed by atoms with Crippen molar-refractivity contribution in [1.29, 1.82) is 0 Å². The molecule has 0 fully saturated rings. The number of benzene rings is 1. The highest BCUT2D eigenvalue weighted by Crippen LogP contribution is 2.11. The second-order valence-corrected chi connectivity index (χ2v) is 4.11. The number of nitrogens with two attached hydrogens (primary N) is 1. The minimum absolute atomic E-state index is 0.0305. The third-order valence-electron chi connectivity index (χ3n) is 2.63. The van der Waals surface area contributed by atoms with Crippen LogP contribution in [0, 0.1) is 0 Å². The minimum Gasteiger partial charge on any atom is -0.459 e. The van der Waals surface area contributed by atoms with Gasteiger partial charge in [0.25, 0.3) is 5.91 Å². The van der Waals surface area contributed by atoms with Crippen LogP contribution in [0.4, 0.5) is 5.69 Å². The first-order chi connectivity index (χ1) is 9.69. The summed E-state index contributed by atoms with van der Waals surface area (Å²) in [5, 5.41) is 5.37. The maximum absolute atomic E-state index is 11.7. The average Bonchev–Trinajstić information content (AvgIpc) is 3.00. The minimum atomic E-state index is -0.306. The molecule has 0 unspecified atom stereocenters. The summed E-state index contributed by atoms with van der Waals surface area (Å²) in [4.78, 5) is 22.8. The van der Waals surface area contributed by atoms with Crippen LogP contribution in [0.2, 0.25) is 0 Å². The first-order valence-electron chi connectivity index (χ1n) is 6.09. The molecule has 0 saturated carbocycles. The van der Waals surface area contributed by atoms with E-state index in [1.165, 1.54) is 6.26 Å². The maximum Gasteiger partial charge on any atom is 0.291 e. The second-order valence-electron chi connectivity index (χ2n) is 4.11. The normalized spacial score (nSPS) is 10.1. The van der Waals surface area contributed by atoms with Gasteiger partial charge < -0.3 is 20.8 Å². The molecule has 6 heteroatoms. The van der Waals surface area contributed by atoms with E-state index in [2.05, 4.69) is 10.6 Å². The van der Waals surface area contributed by atoms with E-state index in [1.807, 2.05) is 12.1 Å². The Morgan fingerprint density at radius 3 is 2.50 bits per heavy atom. The van der Waals surface area contributed by atoms with Crippen LogP contribution in [-0.2, 0) is 11.3 Å². The largest absolute Gasteiger partial charge is 0.459 e. The number of carbonyl (C=O) groups excluding carboxylic acids is 2. The number of furan rings is 1. The molecule has 0 aliphatic rings. The number of amides is 2. The topological polar surface area (TPSA) is 97.4 Å². The Balaban J connectivity index is 1.91. The first-order valence-corrected chi connectivity index (χ1v) is 6.09. The predicted molar refractivity (Wildman–Crippen MR) is 74.0 cm³/mol. The number of nitrogens with one attached hydrogen (secondary N) is 2. The molecule has 0 aliphatic heterocycles. The zero-order valence-corrected chi connectivity index (χ0v) is 10.8. The number of carbonyl (C=O) groups is 2. The summed E-state index contributed by atoms with van der Waals surface area (Å²) in [6.45, 7) is 0.375. The van der Waals surface area contributed by atoms with E-state index in [0.29, 0.717) is 12.2 Å². The number of hydrogen-bond donors (Lipinski definition) is 3. The van der Waals surface area contributed by atoms with Gasteiger partial charge >= 0.3 is 0 Å². The summed E-state index contributed by atoms with van der Waals surface area (Å²) in [5.41, 5.74) is 6.77. The lowest BCUT2D eigenvalue weighted by molar-refractivity contribution is -0.119. The summed E-state index contributed by atoms with van der Waals surface area (Å²) >= 11 is 0. The van der Waals surface area contributed by atoms with Gasteiger partial charge in [-0.05, 0) is 29.8 Å². The molecule has 0 radical (unpaired) electrons. The lowest BCUT2D eigenvalue weighted by atomic mass is 10.2. The Labute approximate surface area is 116 Å². The predicted octanol–water partition coefficient (Wildman–Crippen LogP) is 1.11. The van der Waals surface area contributed by atoms with Crippen molar-refractivity contribution in [3.05, 3.63) is 54.0 Å². The lowest BCUT2D eigenvalue weighted by Crippen LogP contribution is -2.29. The van der Waals surface area contributed by atoms with E-state index in [9.17, 15) is 9.59 Å². The molecule has 0 atom stereocenters. The Morgan fingerprint density at radius 2 is 1.90 bits per heavy atom. The van der Waals surface area contributed by atoms with E-state index >= 15 is 0 Å².